The van der Waals surface area contributed by atoms with Crippen LogP contribution in [0.15, 0.2) is 93.8 Å². The Morgan fingerprint density at radius 1 is 0.545 bits per heavy atom. The van der Waals surface area contributed by atoms with Gasteiger partial charge in [-0.2, -0.15) is 0 Å². The fraction of sp³-hybridized carbons (Fsp3) is 0.103. The number of fused-ring (bicyclic) bond motifs is 2. The topological polar surface area (TPSA) is 52.1 Å². The van der Waals surface area contributed by atoms with E-state index in [9.17, 15) is 0 Å². The fourth-order valence-electron chi connectivity index (χ4n) is 4.04. The Morgan fingerprint density at radius 2 is 0.970 bits per heavy atom. The van der Waals surface area contributed by atoms with Crippen molar-refractivity contribution in [3.05, 3.63) is 107 Å². The molecule has 0 N–H and O–H groups in total. The summed E-state index contributed by atoms with van der Waals surface area (Å²) in [6.07, 6.45) is 0.783. The van der Waals surface area contributed by atoms with Crippen LogP contribution in [0.4, 0.5) is 0 Å². The number of oxazole rings is 2. The first-order valence-corrected chi connectivity index (χ1v) is 11.0. The molecule has 0 saturated heterocycles. The van der Waals surface area contributed by atoms with Gasteiger partial charge in [0.1, 0.15) is 11.0 Å². The van der Waals surface area contributed by atoms with Crippen molar-refractivity contribution in [3.63, 3.8) is 0 Å². The fourth-order valence-corrected chi connectivity index (χ4v) is 4.04. The van der Waals surface area contributed by atoms with E-state index in [1.54, 1.807) is 0 Å². The quantitative estimate of drug-likeness (QED) is 0.290. The van der Waals surface area contributed by atoms with Crippen LogP contribution >= 0.6 is 0 Å². The van der Waals surface area contributed by atoms with Crippen molar-refractivity contribution in [3.8, 4) is 22.9 Å². The van der Waals surface area contributed by atoms with Crippen molar-refractivity contribution in [2.45, 2.75) is 20.3 Å². The van der Waals surface area contributed by atoms with Gasteiger partial charge in [0.05, 0.1) is 0 Å². The zero-order valence-corrected chi connectivity index (χ0v) is 18.5. The highest BCUT2D eigenvalue weighted by Crippen LogP contribution is 2.28. The molecule has 4 nitrogen and oxygen atoms in total. The second-order valence-corrected chi connectivity index (χ2v) is 8.55. The van der Waals surface area contributed by atoms with Crippen LogP contribution in [0, 0.1) is 13.8 Å². The first kappa shape index (κ1) is 19.5. The predicted molar refractivity (Wildman–Crippen MR) is 131 cm³/mol. The second-order valence-electron chi connectivity index (χ2n) is 8.55. The zero-order valence-electron chi connectivity index (χ0n) is 18.5. The molecule has 160 valence electrons. The van der Waals surface area contributed by atoms with Gasteiger partial charge in [-0.15, -0.1) is 0 Å². The molecule has 0 aliphatic carbocycles. The molecule has 0 saturated carbocycles. The summed E-state index contributed by atoms with van der Waals surface area (Å²) in [7, 11) is 0. The summed E-state index contributed by atoms with van der Waals surface area (Å²) in [5, 5.41) is 0. The third kappa shape index (κ3) is 3.80. The number of hydrogen-bond donors (Lipinski definition) is 0. The van der Waals surface area contributed by atoms with E-state index in [-0.39, 0.29) is 0 Å². The van der Waals surface area contributed by atoms with Gasteiger partial charge in [0, 0.05) is 11.1 Å². The van der Waals surface area contributed by atoms with E-state index in [0.29, 0.717) is 11.8 Å². The highest BCUT2D eigenvalue weighted by molar-refractivity contribution is 5.78. The average Bonchev–Trinajstić information content (AvgIpc) is 3.44. The van der Waals surface area contributed by atoms with Gasteiger partial charge in [-0.05, 0) is 79.9 Å². The van der Waals surface area contributed by atoms with Gasteiger partial charge in [0.2, 0.25) is 11.8 Å². The van der Waals surface area contributed by atoms with Gasteiger partial charge < -0.3 is 8.83 Å². The highest BCUT2D eigenvalue weighted by atomic mass is 16.4. The maximum Gasteiger partial charge on any atom is 0.227 e. The summed E-state index contributed by atoms with van der Waals surface area (Å²) in [5.74, 6) is 1.30. The minimum atomic E-state index is 0.648. The summed E-state index contributed by atoms with van der Waals surface area (Å²) in [4.78, 5) is 9.43. The number of nitrogens with zero attached hydrogens (tertiary/aromatic N) is 2. The minimum Gasteiger partial charge on any atom is -0.436 e. The molecule has 0 fully saturated rings. The van der Waals surface area contributed by atoms with Gasteiger partial charge in [0.25, 0.3) is 0 Å². The van der Waals surface area contributed by atoms with E-state index in [4.69, 9.17) is 18.8 Å². The van der Waals surface area contributed by atoms with E-state index in [2.05, 4.69) is 62.4 Å². The van der Waals surface area contributed by atoms with Crippen LogP contribution in [0.25, 0.3) is 45.1 Å². The van der Waals surface area contributed by atoms with E-state index in [0.717, 1.165) is 39.7 Å². The number of aromatic nitrogens is 2. The summed E-state index contributed by atoms with van der Waals surface area (Å²) in [5.41, 5.74) is 10.1. The molecular weight excluding hydrogens is 408 g/mol. The Bertz CT molecular complexity index is 1470. The van der Waals surface area contributed by atoms with Gasteiger partial charge in [-0.3, -0.25) is 0 Å². The Kier molecular flexibility index (Phi) is 4.58. The summed E-state index contributed by atoms with van der Waals surface area (Å²) >= 11 is 0. The van der Waals surface area contributed by atoms with Crippen molar-refractivity contribution in [2.24, 2.45) is 0 Å². The number of benzene rings is 4. The summed E-state index contributed by atoms with van der Waals surface area (Å²) < 4.78 is 12.0. The number of hydrogen-bond acceptors (Lipinski definition) is 4. The lowest BCUT2D eigenvalue weighted by Crippen LogP contribution is -1.88. The van der Waals surface area contributed by atoms with Gasteiger partial charge >= 0.3 is 0 Å². The molecule has 33 heavy (non-hydrogen) atoms. The standard InChI is InChI=1S/C29H22N2O2/c1-18-3-9-22(10-4-18)28-30-24-16-20(7-13-26(24)32-28)15-21-8-14-27-25(17-21)31-29(33-27)23-11-5-19(2)6-12-23/h3-14,16-17H,15H2,1-2H3. The lowest BCUT2D eigenvalue weighted by molar-refractivity contribution is 0.619. The van der Waals surface area contributed by atoms with Crippen molar-refractivity contribution in [1.82, 2.24) is 9.97 Å². The SMILES string of the molecule is Cc1ccc(-c2nc3cc(Cc4ccc5oc(-c6ccc(C)cc6)nc5c4)ccc3o2)cc1. The monoisotopic (exact) mass is 430 g/mol. The van der Waals surface area contributed by atoms with E-state index < -0.39 is 0 Å². The Labute approximate surface area is 191 Å². The molecule has 0 spiro atoms. The van der Waals surface area contributed by atoms with Crippen LogP contribution in [0.2, 0.25) is 0 Å². The van der Waals surface area contributed by atoms with Crippen molar-refractivity contribution in [2.75, 3.05) is 0 Å². The van der Waals surface area contributed by atoms with Crippen LogP contribution in [0.1, 0.15) is 22.3 Å². The van der Waals surface area contributed by atoms with Gasteiger partial charge in [-0.1, -0.05) is 47.5 Å². The first-order valence-electron chi connectivity index (χ1n) is 11.0. The van der Waals surface area contributed by atoms with E-state index in [1.165, 1.54) is 22.3 Å². The molecule has 4 aromatic carbocycles. The van der Waals surface area contributed by atoms with Gasteiger partial charge in [-0.25, -0.2) is 9.97 Å². The summed E-state index contributed by atoms with van der Waals surface area (Å²) in [6, 6.07) is 28.8. The number of aryl methyl sites for hydroxylation is 2. The molecule has 6 rings (SSSR count). The molecule has 0 aliphatic heterocycles. The van der Waals surface area contributed by atoms with E-state index in [1.807, 2.05) is 36.4 Å². The largest absolute Gasteiger partial charge is 0.436 e. The summed E-state index contributed by atoms with van der Waals surface area (Å²) in [6.45, 7) is 4.14. The van der Waals surface area contributed by atoms with Crippen molar-refractivity contribution >= 4 is 22.2 Å². The van der Waals surface area contributed by atoms with Crippen LogP contribution in [-0.4, -0.2) is 9.97 Å². The molecule has 0 bridgehead atoms. The lowest BCUT2D eigenvalue weighted by Gasteiger charge is -2.01. The maximum absolute atomic E-state index is 5.98. The maximum atomic E-state index is 5.98. The highest BCUT2D eigenvalue weighted by Gasteiger charge is 2.11. The molecule has 0 atom stereocenters. The predicted octanol–water partition coefficient (Wildman–Crippen LogP) is 7.51. The first-order chi connectivity index (χ1) is 16.1. The molecule has 0 aliphatic rings. The van der Waals surface area contributed by atoms with Crippen molar-refractivity contribution in [1.29, 1.82) is 0 Å². The van der Waals surface area contributed by atoms with Gasteiger partial charge in [0.15, 0.2) is 11.2 Å². The molecule has 0 radical (unpaired) electrons. The third-order valence-corrected chi connectivity index (χ3v) is 5.91. The molecule has 4 heteroatoms. The normalized spacial score (nSPS) is 11.5. The zero-order chi connectivity index (χ0) is 22.4. The molecule has 2 aromatic heterocycles. The van der Waals surface area contributed by atoms with E-state index >= 15 is 0 Å². The van der Waals surface area contributed by atoms with Crippen LogP contribution in [-0.2, 0) is 6.42 Å². The van der Waals surface area contributed by atoms with Crippen LogP contribution in [0.3, 0.4) is 0 Å². The van der Waals surface area contributed by atoms with Crippen LogP contribution in [0.5, 0.6) is 0 Å². The minimum absolute atomic E-state index is 0.648. The molecule has 0 unspecified atom stereocenters. The smallest absolute Gasteiger partial charge is 0.227 e. The average molecular weight is 431 g/mol. The Hall–Kier alpha value is -4.18. The lowest BCUT2D eigenvalue weighted by atomic mass is 10.0. The number of rotatable bonds is 4. The molecular formula is C29H22N2O2. The molecule has 2 heterocycles. The molecule has 6 aromatic rings. The second kappa shape index (κ2) is 7.75. The Balaban J connectivity index is 1.28. The Morgan fingerprint density at radius 3 is 1.39 bits per heavy atom. The van der Waals surface area contributed by atoms with Crippen molar-refractivity contribution < 1.29 is 8.83 Å². The molecule has 0 amide bonds. The van der Waals surface area contributed by atoms with Crippen LogP contribution < -0.4 is 0 Å². The third-order valence-electron chi connectivity index (χ3n) is 5.91.